The minimum atomic E-state index is -3.18. The molecule has 0 saturated carbocycles. The van der Waals surface area contributed by atoms with Crippen molar-refractivity contribution in [2.75, 3.05) is 105 Å². The van der Waals surface area contributed by atoms with Gasteiger partial charge in [0, 0.05) is 83.3 Å². The van der Waals surface area contributed by atoms with Crippen LogP contribution in [-0.4, -0.2) is 197 Å². The van der Waals surface area contributed by atoms with Crippen LogP contribution in [0.15, 0.2) is 42.7 Å². The third-order valence-corrected chi connectivity index (χ3v) is 9.66. The summed E-state index contributed by atoms with van der Waals surface area (Å²) < 4.78 is 33.4. The number of carbonyl (C=O) groups is 6. The van der Waals surface area contributed by atoms with E-state index in [2.05, 4.69) is 15.6 Å². The maximum absolute atomic E-state index is 13.8. The molecule has 5 N–H and O–H groups in total. The Balaban J connectivity index is 1.25. The minimum Gasteiger partial charge on any atom is -0.494 e. The molecular formula is C38H49F2N9O10. The summed E-state index contributed by atoms with van der Waals surface area (Å²) >= 11 is 0. The summed E-state index contributed by atoms with van der Waals surface area (Å²) in [6.07, 6.45) is 2.56. The number of benzene rings is 1. The summed E-state index contributed by atoms with van der Waals surface area (Å²) in [5.74, 6) is -7.50. The largest absolute Gasteiger partial charge is 0.494 e. The number of hydrogen-bond acceptors (Lipinski definition) is 13. The SMILES string of the molecule is N#C[C@@H]1CC(F)(F)CN1C(=O)CNC(=O)c1ccncc1-c1ccc(OCCCNC(=O)CN2CCN(CC(=O)O)CCN(CC(=O)O)CCN(CC(=O)O)CC2)cc1. The van der Waals surface area contributed by atoms with E-state index in [9.17, 15) is 52.9 Å². The number of aliphatic carboxylic acids is 3. The molecule has 1 atom stereocenters. The predicted molar refractivity (Wildman–Crippen MR) is 204 cm³/mol. The van der Waals surface area contributed by atoms with Crippen molar-refractivity contribution in [3.05, 3.63) is 48.3 Å². The average molecular weight is 830 g/mol. The molecule has 1 aromatic heterocycles. The van der Waals surface area contributed by atoms with Gasteiger partial charge in [-0.05, 0) is 30.2 Å². The number of alkyl halides is 2. The molecule has 2 aliphatic heterocycles. The Kier molecular flexibility index (Phi) is 17.4. The second-order valence-electron chi connectivity index (χ2n) is 14.2. The first-order chi connectivity index (χ1) is 28.1. The maximum atomic E-state index is 13.8. The molecule has 1 aromatic carbocycles. The molecule has 2 saturated heterocycles. The van der Waals surface area contributed by atoms with Crippen LogP contribution in [0.1, 0.15) is 23.2 Å². The molecule has 2 fully saturated rings. The van der Waals surface area contributed by atoms with E-state index in [4.69, 9.17) is 10.00 Å². The highest BCUT2D eigenvalue weighted by Crippen LogP contribution is 2.31. The molecule has 59 heavy (non-hydrogen) atoms. The second-order valence-corrected chi connectivity index (χ2v) is 14.2. The minimum absolute atomic E-state index is 0.0149. The molecule has 320 valence electrons. The summed E-state index contributed by atoms with van der Waals surface area (Å²) in [6.45, 7) is 0.551. The van der Waals surface area contributed by atoms with E-state index in [1.807, 2.05) is 4.90 Å². The van der Waals surface area contributed by atoms with E-state index in [1.165, 1.54) is 18.5 Å². The number of carboxylic acids is 3. The molecule has 21 heteroatoms. The highest BCUT2D eigenvalue weighted by atomic mass is 19.3. The second kappa shape index (κ2) is 22.4. The fourth-order valence-electron chi connectivity index (χ4n) is 6.63. The first-order valence-electron chi connectivity index (χ1n) is 19.0. The van der Waals surface area contributed by atoms with Crippen LogP contribution in [0.3, 0.4) is 0 Å². The molecule has 0 aliphatic carbocycles. The summed E-state index contributed by atoms with van der Waals surface area (Å²) in [4.78, 5) is 84.7. The quantitative estimate of drug-likeness (QED) is 0.127. The van der Waals surface area contributed by atoms with Crippen LogP contribution in [0.4, 0.5) is 8.78 Å². The van der Waals surface area contributed by atoms with Gasteiger partial charge >= 0.3 is 17.9 Å². The summed E-state index contributed by atoms with van der Waals surface area (Å²) in [6, 6.07) is 8.66. The van der Waals surface area contributed by atoms with E-state index in [0.29, 0.717) is 36.4 Å². The number of rotatable bonds is 17. The highest BCUT2D eigenvalue weighted by molar-refractivity contribution is 6.02. The zero-order valence-electron chi connectivity index (χ0n) is 32.4. The fraction of sp³-hybridized carbons (Fsp3) is 0.526. The molecule has 0 unspecified atom stereocenters. The number of likely N-dealkylation sites (tertiary alicyclic amines) is 1. The van der Waals surface area contributed by atoms with Crippen molar-refractivity contribution >= 4 is 35.6 Å². The zero-order valence-corrected chi connectivity index (χ0v) is 32.4. The molecule has 2 aliphatic rings. The Bertz CT molecular complexity index is 1800. The van der Waals surface area contributed by atoms with Crippen LogP contribution in [-0.2, 0) is 24.0 Å². The number of hydrogen-bond donors (Lipinski definition) is 5. The topological polar surface area (TPSA) is 249 Å². The van der Waals surface area contributed by atoms with Crippen LogP contribution in [0, 0.1) is 11.3 Å². The smallest absolute Gasteiger partial charge is 0.317 e. The van der Waals surface area contributed by atoms with E-state index in [0.717, 1.165) is 4.90 Å². The zero-order chi connectivity index (χ0) is 43.0. The summed E-state index contributed by atoms with van der Waals surface area (Å²) in [7, 11) is 0. The lowest BCUT2D eigenvalue weighted by Gasteiger charge is -2.32. The monoisotopic (exact) mass is 829 g/mol. The molecule has 0 bridgehead atoms. The molecule has 4 rings (SSSR count). The standard InChI is InChI=1S/C38H49F2N9O10/c39-38(40)18-28(19-41)49(26-38)33(51)21-44-37(58)30-6-8-42-20-31(30)27-2-4-29(5-3-27)59-17-1-7-43-32(50)22-45-9-11-46(23-34(52)53)13-15-48(25-36(56)57)16-14-47(12-10-45)24-35(54)55/h2-6,8,20,28H,1,7,9-18,21-26H2,(H,43,50)(H,44,58)(H,52,53)(H,54,55)(H,56,57)/t28-/m0/s1. The van der Waals surface area contributed by atoms with E-state index in [-0.39, 0.29) is 90.1 Å². The maximum Gasteiger partial charge on any atom is 0.317 e. The number of amides is 3. The van der Waals surface area contributed by atoms with Gasteiger partial charge < -0.3 is 35.6 Å². The van der Waals surface area contributed by atoms with Crippen molar-refractivity contribution in [1.29, 1.82) is 5.26 Å². The van der Waals surface area contributed by atoms with Crippen molar-refractivity contribution in [2.24, 2.45) is 0 Å². The lowest BCUT2D eigenvalue weighted by Crippen LogP contribution is -2.49. The Hall–Kier alpha value is -5.82. The van der Waals surface area contributed by atoms with Crippen molar-refractivity contribution in [3.63, 3.8) is 0 Å². The van der Waals surface area contributed by atoms with Crippen LogP contribution < -0.4 is 15.4 Å². The van der Waals surface area contributed by atoms with Gasteiger partial charge in [0.25, 0.3) is 11.8 Å². The summed E-state index contributed by atoms with van der Waals surface area (Å²) in [5, 5.41) is 42.6. The van der Waals surface area contributed by atoms with Gasteiger partial charge in [-0.15, -0.1) is 0 Å². The molecule has 0 radical (unpaired) electrons. The van der Waals surface area contributed by atoms with Gasteiger partial charge in [-0.25, -0.2) is 8.78 Å². The number of aromatic nitrogens is 1. The predicted octanol–water partition coefficient (Wildman–Crippen LogP) is -0.401. The van der Waals surface area contributed by atoms with Crippen LogP contribution in [0.25, 0.3) is 11.1 Å². The van der Waals surface area contributed by atoms with Gasteiger partial charge in [0.2, 0.25) is 11.8 Å². The Morgan fingerprint density at radius 2 is 1.32 bits per heavy atom. The Labute approximate surface area is 339 Å². The number of nitriles is 1. The normalized spacial score (nSPS) is 18.5. The first kappa shape index (κ1) is 45.9. The van der Waals surface area contributed by atoms with E-state index in [1.54, 1.807) is 45.0 Å². The van der Waals surface area contributed by atoms with Crippen molar-refractivity contribution in [2.45, 2.75) is 24.8 Å². The average Bonchev–Trinajstić information content (AvgIpc) is 3.51. The molecule has 3 amide bonds. The van der Waals surface area contributed by atoms with Crippen LogP contribution >= 0.6 is 0 Å². The number of carbonyl (C=O) groups excluding carboxylic acids is 3. The van der Waals surface area contributed by atoms with Crippen molar-refractivity contribution in [1.82, 2.24) is 40.1 Å². The molecule has 0 spiro atoms. The van der Waals surface area contributed by atoms with Gasteiger partial charge in [-0.2, -0.15) is 5.26 Å². The fourth-order valence-corrected chi connectivity index (χ4v) is 6.63. The van der Waals surface area contributed by atoms with E-state index < -0.39 is 61.2 Å². The number of ether oxygens (including phenoxy) is 1. The lowest BCUT2D eigenvalue weighted by atomic mass is 10.0. The highest BCUT2D eigenvalue weighted by Gasteiger charge is 2.47. The third-order valence-electron chi connectivity index (χ3n) is 9.66. The molecule has 2 aromatic rings. The van der Waals surface area contributed by atoms with Crippen LogP contribution in [0.5, 0.6) is 5.75 Å². The lowest BCUT2D eigenvalue weighted by molar-refractivity contribution is -0.140. The van der Waals surface area contributed by atoms with Crippen molar-refractivity contribution in [3.8, 4) is 22.9 Å². The number of carboxylic acid groups (broad SMARTS) is 3. The van der Waals surface area contributed by atoms with Gasteiger partial charge in [0.05, 0.1) is 57.5 Å². The number of halogens is 2. The van der Waals surface area contributed by atoms with Crippen LogP contribution in [0.2, 0.25) is 0 Å². The van der Waals surface area contributed by atoms with Gasteiger partial charge in [-0.3, -0.25) is 53.4 Å². The third kappa shape index (κ3) is 15.5. The number of pyridine rings is 1. The Morgan fingerprint density at radius 1 is 0.797 bits per heavy atom. The number of nitrogens with one attached hydrogen (secondary N) is 2. The van der Waals surface area contributed by atoms with Crippen molar-refractivity contribution < 1.29 is 57.6 Å². The molecule has 19 nitrogen and oxygen atoms in total. The van der Waals surface area contributed by atoms with E-state index >= 15 is 0 Å². The molecular weight excluding hydrogens is 780 g/mol. The number of nitrogens with zero attached hydrogens (tertiary/aromatic N) is 7. The van der Waals surface area contributed by atoms with Gasteiger partial charge in [0.15, 0.2) is 0 Å². The summed E-state index contributed by atoms with van der Waals surface area (Å²) in [5.41, 5.74) is 1.24. The van der Waals surface area contributed by atoms with Gasteiger partial charge in [-0.1, -0.05) is 12.1 Å². The Morgan fingerprint density at radius 3 is 1.83 bits per heavy atom. The first-order valence-corrected chi connectivity index (χ1v) is 19.0. The molecule has 3 heterocycles. The van der Waals surface area contributed by atoms with Gasteiger partial charge in [0.1, 0.15) is 11.8 Å².